The van der Waals surface area contributed by atoms with Gasteiger partial charge in [-0.3, -0.25) is 4.99 Å². The molecule has 1 heterocycles. The van der Waals surface area contributed by atoms with Crippen molar-refractivity contribution in [3.63, 3.8) is 0 Å². The van der Waals surface area contributed by atoms with Crippen molar-refractivity contribution in [2.45, 2.75) is 57.2 Å². The molecule has 2 rings (SSSR count). The van der Waals surface area contributed by atoms with Crippen molar-refractivity contribution < 1.29 is 13.2 Å². The summed E-state index contributed by atoms with van der Waals surface area (Å²) in [7, 11) is 0. The third-order valence-corrected chi connectivity index (χ3v) is 3.95. The second-order valence-electron chi connectivity index (χ2n) is 5.86. The summed E-state index contributed by atoms with van der Waals surface area (Å²) in [6.45, 7) is 0.319. The number of pyridine rings is 1. The zero-order valence-corrected chi connectivity index (χ0v) is 13.1. The van der Waals surface area contributed by atoms with Gasteiger partial charge in [-0.25, -0.2) is 4.98 Å². The van der Waals surface area contributed by atoms with Crippen LogP contribution in [-0.4, -0.2) is 23.5 Å². The van der Waals surface area contributed by atoms with E-state index in [0.29, 0.717) is 30.7 Å². The number of hydrogen-bond acceptors (Lipinski definition) is 2. The molecule has 1 aliphatic carbocycles. The SMILES string of the molecule is NC(=NCCc1cccc(C(F)(F)F)n1)NC1CCCCCC1. The van der Waals surface area contributed by atoms with Gasteiger partial charge in [0, 0.05) is 24.7 Å². The summed E-state index contributed by atoms with van der Waals surface area (Å²) in [6.07, 6.45) is 3.00. The van der Waals surface area contributed by atoms with Crippen LogP contribution in [-0.2, 0) is 12.6 Å². The third kappa shape index (κ3) is 6.08. The van der Waals surface area contributed by atoms with E-state index in [1.54, 1.807) is 6.07 Å². The van der Waals surface area contributed by atoms with Crippen LogP contribution < -0.4 is 11.1 Å². The number of alkyl halides is 3. The number of aromatic nitrogens is 1. The van der Waals surface area contributed by atoms with E-state index < -0.39 is 11.9 Å². The zero-order valence-electron chi connectivity index (χ0n) is 13.1. The van der Waals surface area contributed by atoms with Crippen LogP contribution in [0.5, 0.6) is 0 Å². The van der Waals surface area contributed by atoms with Crippen molar-refractivity contribution >= 4 is 5.96 Å². The number of guanidine groups is 1. The largest absolute Gasteiger partial charge is 0.433 e. The predicted octanol–water partition coefficient (Wildman–Crippen LogP) is 3.27. The van der Waals surface area contributed by atoms with Crippen molar-refractivity contribution in [2.24, 2.45) is 10.7 Å². The molecule has 0 amide bonds. The van der Waals surface area contributed by atoms with Crippen molar-refractivity contribution in [1.82, 2.24) is 10.3 Å². The first-order valence-electron chi connectivity index (χ1n) is 8.05. The van der Waals surface area contributed by atoms with Crippen molar-refractivity contribution in [3.8, 4) is 0 Å². The summed E-state index contributed by atoms with van der Waals surface area (Å²) in [5.41, 5.74) is 5.35. The molecular weight excluding hydrogens is 305 g/mol. The van der Waals surface area contributed by atoms with E-state index in [4.69, 9.17) is 5.73 Å². The molecule has 0 aliphatic heterocycles. The molecule has 1 aromatic heterocycles. The average molecular weight is 328 g/mol. The van der Waals surface area contributed by atoms with Crippen LogP contribution in [0.3, 0.4) is 0 Å². The smallest absolute Gasteiger partial charge is 0.370 e. The Morgan fingerprint density at radius 2 is 1.91 bits per heavy atom. The number of nitrogens with two attached hydrogens (primary N) is 1. The van der Waals surface area contributed by atoms with E-state index in [-0.39, 0.29) is 0 Å². The van der Waals surface area contributed by atoms with Gasteiger partial charge >= 0.3 is 6.18 Å². The molecule has 0 atom stereocenters. The third-order valence-electron chi connectivity index (χ3n) is 3.95. The first kappa shape index (κ1) is 17.6. The molecule has 7 heteroatoms. The zero-order chi connectivity index (χ0) is 16.7. The molecule has 4 nitrogen and oxygen atoms in total. The van der Waals surface area contributed by atoms with Gasteiger partial charge in [-0.15, -0.1) is 0 Å². The van der Waals surface area contributed by atoms with Gasteiger partial charge in [0.2, 0.25) is 0 Å². The van der Waals surface area contributed by atoms with Crippen LogP contribution in [0.1, 0.15) is 49.9 Å². The van der Waals surface area contributed by atoms with E-state index in [2.05, 4.69) is 15.3 Å². The maximum atomic E-state index is 12.6. The summed E-state index contributed by atoms with van der Waals surface area (Å²) >= 11 is 0. The summed E-state index contributed by atoms with van der Waals surface area (Å²) in [6, 6.07) is 4.25. The monoisotopic (exact) mass is 328 g/mol. The van der Waals surface area contributed by atoms with Crippen LogP contribution in [0.4, 0.5) is 13.2 Å². The molecule has 1 saturated carbocycles. The van der Waals surface area contributed by atoms with Gasteiger partial charge in [-0.05, 0) is 25.0 Å². The number of nitrogens with zero attached hydrogens (tertiary/aromatic N) is 2. The highest BCUT2D eigenvalue weighted by molar-refractivity contribution is 5.78. The van der Waals surface area contributed by atoms with Crippen LogP contribution in [0.15, 0.2) is 23.2 Å². The Morgan fingerprint density at radius 3 is 2.57 bits per heavy atom. The molecule has 1 aromatic rings. The highest BCUT2D eigenvalue weighted by atomic mass is 19.4. The second-order valence-corrected chi connectivity index (χ2v) is 5.86. The lowest BCUT2D eigenvalue weighted by Crippen LogP contribution is -2.40. The molecule has 1 aliphatic rings. The lowest BCUT2D eigenvalue weighted by molar-refractivity contribution is -0.141. The quantitative estimate of drug-likeness (QED) is 0.506. The number of rotatable bonds is 4. The molecule has 0 aromatic carbocycles. The second kappa shape index (κ2) is 8.17. The van der Waals surface area contributed by atoms with Gasteiger partial charge in [-0.1, -0.05) is 31.7 Å². The summed E-state index contributed by atoms with van der Waals surface area (Å²) in [4.78, 5) is 7.81. The molecule has 23 heavy (non-hydrogen) atoms. The van der Waals surface area contributed by atoms with Crippen LogP contribution in [0.25, 0.3) is 0 Å². The Morgan fingerprint density at radius 1 is 1.22 bits per heavy atom. The Hall–Kier alpha value is -1.79. The van der Waals surface area contributed by atoms with Crippen molar-refractivity contribution in [1.29, 1.82) is 0 Å². The van der Waals surface area contributed by atoms with E-state index in [9.17, 15) is 13.2 Å². The number of nitrogens with one attached hydrogen (secondary N) is 1. The van der Waals surface area contributed by atoms with Crippen LogP contribution in [0.2, 0.25) is 0 Å². The van der Waals surface area contributed by atoms with E-state index in [1.165, 1.54) is 31.7 Å². The number of aliphatic imine (C=N–C) groups is 1. The fourth-order valence-electron chi connectivity index (χ4n) is 2.75. The first-order valence-corrected chi connectivity index (χ1v) is 8.05. The molecular formula is C16H23F3N4. The van der Waals surface area contributed by atoms with Crippen molar-refractivity contribution in [3.05, 3.63) is 29.6 Å². The Bertz CT molecular complexity index is 520. The minimum atomic E-state index is -4.42. The van der Waals surface area contributed by atoms with Gasteiger partial charge in [-0.2, -0.15) is 13.2 Å². The van der Waals surface area contributed by atoms with Gasteiger partial charge in [0.05, 0.1) is 0 Å². The predicted molar refractivity (Wildman–Crippen MR) is 84.1 cm³/mol. The molecule has 0 unspecified atom stereocenters. The average Bonchev–Trinajstić information content (AvgIpc) is 2.75. The first-order chi connectivity index (χ1) is 10.9. The maximum Gasteiger partial charge on any atom is 0.433 e. The Labute approximate surface area is 134 Å². The fourth-order valence-corrected chi connectivity index (χ4v) is 2.75. The molecule has 0 radical (unpaired) electrons. The molecule has 0 bridgehead atoms. The van der Waals surface area contributed by atoms with E-state index in [1.807, 2.05) is 0 Å². The maximum absolute atomic E-state index is 12.6. The van der Waals surface area contributed by atoms with Crippen LogP contribution >= 0.6 is 0 Å². The molecule has 128 valence electrons. The molecule has 0 spiro atoms. The van der Waals surface area contributed by atoms with Gasteiger partial charge in [0.25, 0.3) is 0 Å². The van der Waals surface area contributed by atoms with Crippen molar-refractivity contribution in [2.75, 3.05) is 6.54 Å². The number of hydrogen-bond donors (Lipinski definition) is 2. The summed E-state index contributed by atoms with van der Waals surface area (Å²) in [5, 5.41) is 3.21. The summed E-state index contributed by atoms with van der Waals surface area (Å²) < 4.78 is 37.8. The molecule has 3 N–H and O–H groups in total. The molecule has 1 fully saturated rings. The van der Waals surface area contributed by atoms with E-state index >= 15 is 0 Å². The minimum Gasteiger partial charge on any atom is -0.370 e. The lowest BCUT2D eigenvalue weighted by Gasteiger charge is -2.16. The highest BCUT2D eigenvalue weighted by Crippen LogP contribution is 2.27. The van der Waals surface area contributed by atoms with E-state index in [0.717, 1.165) is 18.9 Å². The normalized spacial score (nSPS) is 17.8. The standard InChI is InChI=1S/C16H23F3N4/c17-16(18,19)14-9-5-8-13(22-14)10-11-21-15(20)23-12-6-3-1-2-4-7-12/h5,8-9,12H,1-4,6-7,10-11H2,(H3,20,21,23). The number of halogens is 3. The van der Waals surface area contributed by atoms with Gasteiger partial charge < -0.3 is 11.1 Å². The topological polar surface area (TPSA) is 63.3 Å². The van der Waals surface area contributed by atoms with Gasteiger partial charge in [0.1, 0.15) is 5.69 Å². The Balaban J connectivity index is 1.83. The molecule has 0 saturated heterocycles. The highest BCUT2D eigenvalue weighted by Gasteiger charge is 2.32. The van der Waals surface area contributed by atoms with Gasteiger partial charge in [0.15, 0.2) is 5.96 Å². The fraction of sp³-hybridized carbons (Fsp3) is 0.625. The minimum absolute atomic E-state index is 0.319. The lowest BCUT2D eigenvalue weighted by atomic mass is 10.1. The van der Waals surface area contributed by atoms with Crippen LogP contribution in [0, 0.1) is 0 Å². The summed E-state index contributed by atoms with van der Waals surface area (Å²) in [5.74, 6) is 0.365. The Kier molecular flexibility index (Phi) is 6.24.